The van der Waals surface area contributed by atoms with E-state index in [-0.39, 0.29) is 12.2 Å². The van der Waals surface area contributed by atoms with Gasteiger partial charge in [-0.25, -0.2) is 9.78 Å². The molecule has 26 heavy (non-hydrogen) atoms. The minimum absolute atomic E-state index is 0.0737. The number of anilines is 1. The molecule has 2 heterocycles. The first-order chi connectivity index (χ1) is 12.5. The highest BCUT2D eigenvalue weighted by Crippen LogP contribution is 2.28. The van der Waals surface area contributed by atoms with Gasteiger partial charge in [0.2, 0.25) is 0 Å². The van der Waals surface area contributed by atoms with Crippen LogP contribution in [0.25, 0.3) is 4.96 Å². The minimum Gasteiger partial charge on any atom is -0.456 e. The number of halogens is 1. The van der Waals surface area contributed by atoms with Crippen LogP contribution >= 0.6 is 22.9 Å². The number of rotatable bonds is 3. The molecule has 134 valence electrons. The molecule has 2 N–H and O–H groups in total. The maximum absolute atomic E-state index is 12.5. The second-order valence-electron chi connectivity index (χ2n) is 6.20. The predicted molar refractivity (Wildman–Crippen MR) is 101 cm³/mol. The number of benzene rings is 1. The number of aromatic nitrogens is 2. The van der Waals surface area contributed by atoms with E-state index in [1.54, 1.807) is 27.9 Å². The minimum atomic E-state index is -0.541. The van der Waals surface area contributed by atoms with Crippen LogP contribution in [0.3, 0.4) is 0 Å². The number of nitrogens with two attached hydrogens (primary N) is 1. The molecule has 1 aliphatic rings. The van der Waals surface area contributed by atoms with Gasteiger partial charge in [0, 0.05) is 16.6 Å². The number of ether oxygens (including phenoxy) is 1. The maximum Gasteiger partial charge on any atom is 0.338 e. The Morgan fingerprint density at radius 1 is 1.31 bits per heavy atom. The highest BCUT2D eigenvalue weighted by molar-refractivity contribution is 7.17. The molecule has 4 rings (SSSR count). The number of esters is 1. The van der Waals surface area contributed by atoms with E-state index in [4.69, 9.17) is 22.1 Å². The zero-order valence-corrected chi connectivity index (χ0v) is 15.4. The second-order valence-corrected chi connectivity index (χ2v) is 7.66. The summed E-state index contributed by atoms with van der Waals surface area (Å²) >= 11 is 7.39. The molecule has 0 bridgehead atoms. The van der Waals surface area contributed by atoms with Crippen molar-refractivity contribution in [3.8, 4) is 0 Å². The molecule has 6 nitrogen and oxygen atoms in total. The molecule has 0 spiro atoms. The van der Waals surface area contributed by atoms with Gasteiger partial charge >= 0.3 is 5.97 Å². The molecule has 0 atom stereocenters. The Kier molecular flexibility index (Phi) is 4.42. The molecule has 1 aromatic carbocycles. The molecule has 2 aromatic heterocycles. The van der Waals surface area contributed by atoms with E-state index >= 15 is 0 Å². The Hall–Kier alpha value is -2.38. The van der Waals surface area contributed by atoms with Crippen molar-refractivity contribution in [3.63, 3.8) is 0 Å². The molecule has 0 amide bonds. The molecule has 0 aliphatic heterocycles. The van der Waals surface area contributed by atoms with Crippen molar-refractivity contribution in [1.82, 2.24) is 9.38 Å². The van der Waals surface area contributed by atoms with E-state index in [2.05, 4.69) is 4.98 Å². The lowest BCUT2D eigenvalue weighted by atomic mass is 10.0. The molecular formula is C18H16ClN3O3S. The fourth-order valence-corrected chi connectivity index (χ4v) is 4.46. The number of carbonyl (C=O) groups is 1. The number of aryl methyl sites for hydroxylation is 2. The van der Waals surface area contributed by atoms with Gasteiger partial charge < -0.3 is 10.5 Å². The zero-order valence-electron chi connectivity index (χ0n) is 13.8. The summed E-state index contributed by atoms with van der Waals surface area (Å²) in [7, 11) is 0. The summed E-state index contributed by atoms with van der Waals surface area (Å²) in [4.78, 5) is 31.0. The van der Waals surface area contributed by atoms with Crippen LogP contribution in [-0.4, -0.2) is 15.4 Å². The normalized spacial score (nSPS) is 13.6. The quantitative estimate of drug-likeness (QED) is 0.549. The van der Waals surface area contributed by atoms with Crippen molar-refractivity contribution in [1.29, 1.82) is 0 Å². The molecule has 0 saturated carbocycles. The Morgan fingerprint density at radius 3 is 2.92 bits per heavy atom. The summed E-state index contributed by atoms with van der Waals surface area (Å²) in [6, 6.07) is 5.97. The van der Waals surface area contributed by atoms with Crippen LogP contribution in [-0.2, 0) is 24.2 Å². The number of nitrogen functional groups attached to an aromatic ring is 1. The predicted octanol–water partition coefficient (Wildman–Crippen LogP) is 3.23. The van der Waals surface area contributed by atoms with Gasteiger partial charge in [-0.2, -0.15) is 0 Å². The van der Waals surface area contributed by atoms with Crippen LogP contribution in [0.4, 0.5) is 5.69 Å². The van der Waals surface area contributed by atoms with Gasteiger partial charge in [-0.1, -0.05) is 11.6 Å². The molecule has 0 fully saturated rings. The summed E-state index contributed by atoms with van der Waals surface area (Å²) in [5, 5.41) is 0.378. The largest absolute Gasteiger partial charge is 0.456 e. The lowest BCUT2D eigenvalue weighted by molar-refractivity contribution is 0.0468. The summed E-state index contributed by atoms with van der Waals surface area (Å²) in [6.45, 7) is -0.0737. The average molecular weight is 390 g/mol. The summed E-state index contributed by atoms with van der Waals surface area (Å²) in [5.41, 5.74) is 7.69. The third-order valence-electron chi connectivity index (χ3n) is 4.40. The first-order valence-electron chi connectivity index (χ1n) is 8.28. The van der Waals surface area contributed by atoms with Crippen LogP contribution in [0.1, 0.15) is 39.5 Å². The number of fused-ring (bicyclic) bond motifs is 3. The maximum atomic E-state index is 12.5. The Balaban J connectivity index is 1.56. The molecule has 0 saturated heterocycles. The standard InChI is InChI=1S/C18H16ClN3O3S/c19-12-6-5-10(7-13(12)20)17(24)25-9-11-8-16(23)22-14-3-1-2-4-15(14)26-18(22)21-11/h5-8H,1-4,9,20H2. The summed E-state index contributed by atoms with van der Waals surface area (Å²) in [5.74, 6) is -0.541. The van der Waals surface area contributed by atoms with Crippen molar-refractivity contribution >= 4 is 39.6 Å². The van der Waals surface area contributed by atoms with Crippen LogP contribution in [0, 0.1) is 0 Å². The van der Waals surface area contributed by atoms with E-state index in [9.17, 15) is 9.59 Å². The number of thiazole rings is 1. The zero-order chi connectivity index (χ0) is 18.3. The van der Waals surface area contributed by atoms with E-state index in [0.717, 1.165) is 31.4 Å². The first-order valence-corrected chi connectivity index (χ1v) is 9.48. The van der Waals surface area contributed by atoms with Gasteiger partial charge in [-0.15, -0.1) is 11.3 Å². The topological polar surface area (TPSA) is 86.7 Å². The smallest absolute Gasteiger partial charge is 0.338 e. The van der Waals surface area contributed by atoms with Gasteiger partial charge in [-0.3, -0.25) is 9.20 Å². The Morgan fingerprint density at radius 2 is 2.12 bits per heavy atom. The lowest BCUT2D eigenvalue weighted by Gasteiger charge is -2.10. The van der Waals surface area contributed by atoms with Crippen LogP contribution in [0.2, 0.25) is 5.02 Å². The number of hydrogen-bond donors (Lipinski definition) is 1. The number of carbonyl (C=O) groups excluding carboxylic acids is 1. The van der Waals surface area contributed by atoms with Gasteiger partial charge in [0.05, 0.1) is 22.0 Å². The number of nitrogens with zero attached hydrogens (tertiary/aromatic N) is 2. The molecule has 3 aromatic rings. The molecule has 0 radical (unpaired) electrons. The van der Waals surface area contributed by atoms with E-state index < -0.39 is 5.97 Å². The second kappa shape index (κ2) is 6.74. The van der Waals surface area contributed by atoms with Crippen LogP contribution in [0.5, 0.6) is 0 Å². The molecule has 1 aliphatic carbocycles. The van der Waals surface area contributed by atoms with Crippen molar-refractivity contribution < 1.29 is 9.53 Å². The average Bonchev–Trinajstić information content (AvgIpc) is 3.00. The molecular weight excluding hydrogens is 374 g/mol. The van der Waals surface area contributed by atoms with Crippen LogP contribution in [0.15, 0.2) is 29.1 Å². The third kappa shape index (κ3) is 3.08. The van der Waals surface area contributed by atoms with Gasteiger partial charge in [0.25, 0.3) is 5.56 Å². The van der Waals surface area contributed by atoms with Crippen molar-refractivity contribution in [2.45, 2.75) is 32.3 Å². The SMILES string of the molecule is Nc1cc(C(=O)OCc2cc(=O)n3c4c(sc3n2)CCCC4)ccc1Cl. The highest BCUT2D eigenvalue weighted by atomic mass is 35.5. The van der Waals surface area contributed by atoms with Gasteiger partial charge in [0.15, 0.2) is 4.96 Å². The summed E-state index contributed by atoms with van der Waals surface area (Å²) in [6.07, 6.45) is 4.13. The third-order valence-corrected chi connectivity index (χ3v) is 5.88. The number of hydrogen-bond acceptors (Lipinski definition) is 6. The fourth-order valence-electron chi connectivity index (χ4n) is 3.11. The van der Waals surface area contributed by atoms with Crippen molar-refractivity contribution in [3.05, 3.63) is 61.5 Å². The Labute approximate surface area is 158 Å². The Bertz CT molecular complexity index is 1070. The van der Waals surface area contributed by atoms with Gasteiger partial charge in [0.1, 0.15) is 6.61 Å². The monoisotopic (exact) mass is 389 g/mol. The van der Waals surface area contributed by atoms with Crippen molar-refractivity contribution in [2.75, 3.05) is 5.73 Å². The lowest BCUT2D eigenvalue weighted by Crippen LogP contribution is -2.18. The van der Waals surface area contributed by atoms with E-state index in [0.29, 0.717) is 26.9 Å². The summed E-state index contributed by atoms with van der Waals surface area (Å²) < 4.78 is 6.96. The van der Waals surface area contributed by atoms with Crippen molar-refractivity contribution in [2.24, 2.45) is 0 Å². The first kappa shape index (κ1) is 17.1. The molecule has 8 heteroatoms. The van der Waals surface area contributed by atoms with Gasteiger partial charge in [-0.05, 0) is 43.9 Å². The van der Waals surface area contributed by atoms with Crippen LogP contribution < -0.4 is 11.3 Å². The van der Waals surface area contributed by atoms with E-state index in [1.807, 2.05) is 0 Å². The highest BCUT2D eigenvalue weighted by Gasteiger charge is 2.19. The van der Waals surface area contributed by atoms with E-state index in [1.165, 1.54) is 17.0 Å². The fraction of sp³-hybridized carbons (Fsp3) is 0.278. The molecule has 0 unspecified atom stereocenters.